The van der Waals surface area contributed by atoms with Crippen molar-refractivity contribution in [2.45, 2.75) is 38.5 Å². The number of para-hydroxylation sites is 4. The van der Waals surface area contributed by atoms with Crippen molar-refractivity contribution in [3.63, 3.8) is 0 Å². The van der Waals surface area contributed by atoms with Crippen molar-refractivity contribution in [1.82, 2.24) is 4.57 Å². The van der Waals surface area contributed by atoms with Gasteiger partial charge in [0, 0.05) is 44.4 Å². The number of nitrogens with zero attached hydrogens (tertiary/aromatic N) is 2. The van der Waals surface area contributed by atoms with Crippen molar-refractivity contribution in [2.24, 2.45) is 0 Å². The average molecular weight is 747 g/mol. The zero-order valence-corrected chi connectivity index (χ0v) is 33.2. The van der Waals surface area contributed by atoms with Crippen LogP contribution in [0.3, 0.4) is 0 Å². The van der Waals surface area contributed by atoms with Crippen LogP contribution in [0.1, 0.15) is 63.8 Å². The molecule has 0 atom stereocenters. The van der Waals surface area contributed by atoms with Crippen LogP contribution in [0.5, 0.6) is 0 Å². The second-order valence-corrected chi connectivity index (χ2v) is 16.8. The first-order valence-electron chi connectivity index (χ1n) is 21.3. The highest BCUT2D eigenvalue weighted by atomic mass is 15.1. The standard InChI is InChI=1S/C56H44N2/c1-55(2)49-34-37(26-29-43(49)44-31-28-42(36-51(44)55)57(39-16-8-5-9-17-39)40-18-10-6-11-19-40)24-25-38-27-30-45-47-32-33-48-46-22-14-15-23-52(46)58(41-20-12-7-13-21-41)54(48)53(47)56(3,4)50(45)35-38/h5-36H,1-4H3/b25-24+/i24D,25D. The molecule has 0 unspecified atom stereocenters. The fraction of sp³-hybridized carbons (Fsp3) is 0.107. The van der Waals surface area contributed by atoms with E-state index in [-0.39, 0.29) is 22.9 Å². The minimum atomic E-state index is -0.345. The topological polar surface area (TPSA) is 8.17 Å². The van der Waals surface area contributed by atoms with Gasteiger partial charge in [0.25, 0.3) is 0 Å². The summed E-state index contributed by atoms with van der Waals surface area (Å²) >= 11 is 0. The van der Waals surface area contributed by atoms with Crippen LogP contribution in [0, 0.1) is 0 Å². The SMILES string of the molecule is [2H]/C(=C(/[2H])c1ccc2c(c1)C(C)(C)c1c-2ccc2c3ccccc3n(-c3ccccc3)c12)c1ccc2c(c1)C(C)(C)c1cc(N(c3ccccc3)c3ccccc3)ccc1-2. The lowest BCUT2D eigenvalue weighted by Gasteiger charge is -2.28. The van der Waals surface area contributed by atoms with Gasteiger partial charge in [-0.3, -0.25) is 0 Å². The van der Waals surface area contributed by atoms with E-state index < -0.39 is 0 Å². The third-order valence-electron chi connectivity index (χ3n) is 12.8. The van der Waals surface area contributed by atoms with Crippen LogP contribution in [-0.4, -0.2) is 4.57 Å². The number of fused-ring (bicyclic) bond motifs is 10. The molecule has 9 aromatic rings. The summed E-state index contributed by atoms with van der Waals surface area (Å²) in [6.45, 7) is 9.19. The van der Waals surface area contributed by atoms with Crippen molar-refractivity contribution >= 4 is 51.0 Å². The molecular weight excluding hydrogens is 701 g/mol. The molecule has 2 nitrogen and oxygen atoms in total. The fourth-order valence-electron chi connectivity index (χ4n) is 9.96. The summed E-state index contributed by atoms with van der Waals surface area (Å²) in [5, 5.41) is 2.48. The summed E-state index contributed by atoms with van der Waals surface area (Å²) < 4.78 is 21.4. The summed E-state index contributed by atoms with van der Waals surface area (Å²) in [5.41, 5.74) is 17.5. The zero-order chi connectivity index (χ0) is 40.9. The van der Waals surface area contributed by atoms with Gasteiger partial charge in [0.2, 0.25) is 0 Å². The molecule has 0 saturated carbocycles. The first kappa shape index (κ1) is 32.2. The molecule has 278 valence electrons. The number of hydrogen-bond acceptors (Lipinski definition) is 1. The van der Waals surface area contributed by atoms with Crippen LogP contribution in [0.2, 0.25) is 0 Å². The Kier molecular flexibility index (Phi) is 7.11. The van der Waals surface area contributed by atoms with E-state index >= 15 is 0 Å². The van der Waals surface area contributed by atoms with Crippen molar-refractivity contribution in [1.29, 1.82) is 0 Å². The number of benzene rings is 8. The van der Waals surface area contributed by atoms with Crippen molar-refractivity contribution in [3.05, 3.63) is 215 Å². The zero-order valence-electron chi connectivity index (χ0n) is 35.2. The molecule has 0 amide bonds. The molecule has 1 aromatic heterocycles. The smallest absolute Gasteiger partial charge is 0.0629 e. The summed E-state index contributed by atoms with van der Waals surface area (Å²) in [4.78, 5) is 2.31. The van der Waals surface area contributed by atoms with Crippen molar-refractivity contribution < 1.29 is 2.74 Å². The molecule has 2 heteroatoms. The largest absolute Gasteiger partial charge is 0.310 e. The van der Waals surface area contributed by atoms with Gasteiger partial charge >= 0.3 is 0 Å². The summed E-state index contributed by atoms with van der Waals surface area (Å²) in [7, 11) is 0. The van der Waals surface area contributed by atoms with Crippen LogP contribution in [-0.2, 0) is 10.8 Å². The van der Waals surface area contributed by atoms with Gasteiger partial charge in [0.15, 0.2) is 0 Å². The van der Waals surface area contributed by atoms with Gasteiger partial charge in [0.05, 0.1) is 13.8 Å². The summed E-state index contributed by atoms with van der Waals surface area (Å²) in [5.74, 6) is 0. The third-order valence-corrected chi connectivity index (χ3v) is 12.8. The average Bonchev–Trinajstić information content (AvgIpc) is 3.83. The second-order valence-electron chi connectivity index (χ2n) is 16.8. The monoisotopic (exact) mass is 746 g/mol. The Balaban J connectivity index is 0.973. The maximum atomic E-state index is 9.51. The molecule has 8 aromatic carbocycles. The molecule has 0 saturated heterocycles. The van der Waals surface area contributed by atoms with E-state index in [0.29, 0.717) is 0 Å². The molecule has 0 aliphatic heterocycles. The number of rotatable bonds is 6. The lowest BCUT2D eigenvalue weighted by Crippen LogP contribution is -2.16. The Labute approximate surface area is 343 Å². The molecule has 11 rings (SSSR count). The summed E-state index contributed by atoms with van der Waals surface area (Å²) in [6, 6.07) is 64.9. The predicted molar refractivity (Wildman–Crippen MR) is 246 cm³/mol. The van der Waals surface area contributed by atoms with E-state index in [2.05, 4.69) is 207 Å². The highest BCUT2D eigenvalue weighted by Gasteiger charge is 2.39. The maximum Gasteiger partial charge on any atom is 0.0629 e. The Bertz CT molecular complexity index is 3170. The van der Waals surface area contributed by atoms with E-state index in [4.69, 9.17) is 0 Å². The molecule has 0 bridgehead atoms. The van der Waals surface area contributed by atoms with Gasteiger partial charge in [0.1, 0.15) is 0 Å². The Morgan fingerprint density at radius 1 is 0.448 bits per heavy atom. The molecule has 2 aliphatic carbocycles. The highest BCUT2D eigenvalue weighted by molar-refractivity contribution is 6.13. The molecule has 1 heterocycles. The second kappa shape index (κ2) is 12.8. The molecule has 0 fully saturated rings. The molecule has 0 spiro atoms. The molecule has 0 N–H and O–H groups in total. The lowest BCUT2D eigenvalue weighted by molar-refractivity contribution is 0.660. The van der Waals surface area contributed by atoms with Crippen LogP contribution in [0.4, 0.5) is 17.1 Å². The van der Waals surface area contributed by atoms with E-state index in [1.807, 2.05) is 12.1 Å². The lowest BCUT2D eigenvalue weighted by atomic mass is 9.81. The predicted octanol–water partition coefficient (Wildman–Crippen LogP) is 15.0. The van der Waals surface area contributed by atoms with Crippen LogP contribution >= 0.6 is 0 Å². The van der Waals surface area contributed by atoms with Gasteiger partial charge in [-0.15, -0.1) is 0 Å². The van der Waals surface area contributed by atoms with Crippen LogP contribution < -0.4 is 4.90 Å². The Hall–Kier alpha value is -6.90. The number of anilines is 3. The van der Waals surface area contributed by atoms with E-state index in [1.54, 1.807) is 0 Å². The fourth-order valence-corrected chi connectivity index (χ4v) is 9.96. The first-order valence-corrected chi connectivity index (χ1v) is 20.3. The highest BCUT2D eigenvalue weighted by Crippen LogP contribution is 2.54. The molecule has 58 heavy (non-hydrogen) atoms. The number of aromatic nitrogens is 1. The van der Waals surface area contributed by atoms with Crippen LogP contribution in [0.25, 0.3) is 61.9 Å². The van der Waals surface area contributed by atoms with Crippen molar-refractivity contribution in [2.75, 3.05) is 4.90 Å². The first-order chi connectivity index (χ1) is 29.1. The van der Waals surface area contributed by atoms with Crippen molar-refractivity contribution in [3.8, 4) is 27.9 Å². The van der Waals surface area contributed by atoms with Gasteiger partial charge in [-0.25, -0.2) is 0 Å². The van der Waals surface area contributed by atoms with E-state index in [1.165, 1.54) is 66.3 Å². The Morgan fingerprint density at radius 2 is 0.948 bits per heavy atom. The minimum absolute atomic E-state index is 0.226. The third kappa shape index (κ3) is 5.11. The quantitative estimate of drug-likeness (QED) is 0.154. The maximum absolute atomic E-state index is 9.51. The van der Waals surface area contributed by atoms with Crippen LogP contribution in [0.15, 0.2) is 182 Å². The normalized spacial score (nSPS) is 15.2. The van der Waals surface area contributed by atoms with E-state index in [9.17, 15) is 2.74 Å². The van der Waals surface area contributed by atoms with Gasteiger partial charge < -0.3 is 9.47 Å². The van der Waals surface area contributed by atoms with E-state index in [0.717, 1.165) is 33.9 Å². The molecular formula is C56H44N2. The summed E-state index contributed by atoms with van der Waals surface area (Å²) in [6.07, 6.45) is 0. The van der Waals surface area contributed by atoms with Gasteiger partial charge in [-0.2, -0.15) is 0 Å². The molecule has 2 aliphatic rings. The molecule has 0 radical (unpaired) electrons. The van der Waals surface area contributed by atoms with Gasteiger partial charge in [-0.1, -0.05) is 167 Å². The minimum Gasteiger partial charge on any atom is -0.310 e. The van der Waals surface area contributed by atoms with Gasteiger partial charge in [-0.05, 0) is 110 Å². The Morgan fingerprint density at radius 3 is 1.59 bits per heavy atom. The number of hydrogen-bond donors (Lipinski definition) is 0.